The highest BCUT2D eigenvalue weighted by Crippen LogP contribution is 2.20. The Hall–Kier alpha value is -2.44. The quantitative estimate of drug-likeness (QED) is 0.795. The minimum absolute atomic E-state index is 0. The molecule has 27 heavy (non-hydrogen) atoms. The van der Waals surface area contributed by atoms with Gasteiger partial charge in [-0.25, -0.2) is 4.39 Å². The number of benzene rings is 2. The molecular weight excluding hydrogens is 369 g/mol. The maximum Gasteiger partial charge on any atom is 0.238 e. The average Bonchev–Trinajstić information content (AvgIpc) is 2.63. The van der Waals surface area contributed by atoms with Crippen molar-refractivity contribution in [3.05, 3.63) is 59.9 Å². The third-order valence-electron chi connectivity index (χ3n) is 4.51. The van der Waals surface area contributed by atoms with Gasteiger partial charge in [0.1, 0.15) is 5.82 Å². The molecule has 144 valence electrons. The molecule has 1 aliphatic rings. The number of para-hydroxylation sites is 1. The van der Waals surface area contributed by atoms with Crippen LogP contribution in [0.5, 0.6) is 0 Å². The van der Waals surface area contributed by atoms with Gasteiger partial charge in [0.2, 0.25) is 5.91 Å². The number of anilines is 2. The van der Waals surface area contributed by atoms with E-state index in [2.05, 4.69) is 10.2 Å². The molecule has 0 aromatic heterocycles. The van der Waals surface area contributed by atoms with Crippen molar-refractivity contribution in [2.75, 3.05) is 42.9 Å². The van der Waals surface area contributed by atoms with Gasteiger partial charge in [-0.3, -0.25) is 14.5 Å². The van der Waals surface area contributed by atoms with Gasteiger partial charge in [-0.1, -0.05) is 12.1 Å². The Labute approximate surface area is 164 Å². The number of Topliss-reactive ketones (excluding diaryl/α,β-unsaturated/α-hetero) is 1. The lowest BCUT2D eigenvalue weighted by atomic mass is 10.1. The van der Waals surface area contributed by atoms with E-state index in [1.165, 1.54) is 13.0 Å². The molecule has 1 aliphatic heterocycles. The van der Waals surface area contributed by atoms with Crippen molar-refractivity contribution in [2.45, 2.75) is 6.92 Å². The number of hydrogen-bond donors (Lipinski definition) is 1. The van der Waals surface area contributed by atoms with Crippen LogP contribution in [0.4, 0.5) is 15.8 Å². The molecule has 0 bridgehead atoms. The minimum atomic E-state index is -0.215. The van der Waals surface area contributed by atoms with E-state index in [9.17, 15) is 14.0 Å². The number of nitrogens with zero attached hydrogens (tertiary/aromatic N) is 2. The van der Waals surface area contributed by atoms with Gasteiger partial charge in [0.15, 0.2) is 5.78 Å². The fraction of sp³-hybridized carbons (Fsp3) is 0.300. The molecule has 1 N–H and O–H groups in total. The van der Waals surface area contributed by atoms with Crippen molar-refractivity contribution in [1.82, 2.24) is 4.90 Å². The van der Waals surface area contributed by atoms with Gasteiger partial charge in [-0.15, -0.1) is 12.4 Å². The minimum Gasteiger partial charge on any atom is -0.367 e. The number of ketones is 1. The first-order valence-corrected chi connectivity index (χ1v) is 8.65. The summed E-state index contributed by atoms with van der Waals surface area (Å²) in [5.41, 5.74) is 1.90. The van der Waals surface area contributed by atoms with Gasteiger partial charge >= 0.3 is 0 Å². The van der Waals surface area contributed by atoms with Crippen LogP contribution in [0.3, 0.4) is 0 Å². The third-order valence-corrected chi connectivity index (χ3v) is 4.51. The van der Waals surface area contributed by atoms with Crippen molar-refractivity contribution >= 4 is 35.5 Å². The Morgan fingerprint density at radius 1 is 1.00 bits per heavy atom. The molecule has 0 spiro atoms. The molecule has 1 heterocycles. The maximum atomic E-state index is 13.9. The molecule has 0 unspecified atom stereocenters. The maximum absolute atomic E-state index is 13.9. The third kappa shape index (κ3) is 5.52. The lowest BCUT2D eigenvalue weighted by Gasteiger charge is -2.35. The average molecular weight is 392 g/mol. The first kappa shape index (κ1) is 20.9. The molecule has 0 saturated carbocycles. The molecule has 7 heteroatoms. The van der Waals surface area contributed by atoms with Crippen molar-refractivity contribution in [3.63, 3.8) is 0 Å². The largest absolute Gasteiger partial charge is 0.367 e. The van der Waals surface area contributed by atoms with E-state index in [1.807, 2.05) is 11.0 Å². The molecule has 0 atom stereocenters. The van der Waals surface area contributed by atoms with E-state index in [-0.39, 0.29) is 29.9 Å². The van der Waals surface area contributed by atoms with Gasteiger partial charge in [0, 0.05) is 37.4 Å². The summed E-state index contributed by atoms with van der Waals surface area (Å²) in [5.74, 6) is -0.316. The molecule has 1 fully saturated rings. The molecule has 0 aliphatic carbocycles. The summed E-state index contributed by atoms with van der Waals surface area (Å²) in [6.45, 7) is 4.56. The molecule has 3 rings (SSSR count). The Kier molecular flexibility index (Phi) is 7.33. The van der Waals surface area contributed by atoms with E-state index < -0.39 is 0 Å². The van der Waals surface area contributed by atoms with Crippen LogP contribution in [0, 0.1) is 5.82 Å². The summed E-state index contributed by atoms with van der Waals surface area (Å²) < 4.78 is 13.9. The van der Waals surface area contributed by atoms with Crippen LogP contribution < -0.4 is 10.2 Å². The van der Waals surface area contributed by atoms with Gasteiger partial charge in [0.05, 0.1) is 12.2 Å². The van der Waals surface area contributed by atoms with Gasteiger partial charge in [-0.05, 0) is 43.3 Å². The Morgan fingerprint density at radius 3 is 2.22 bits per heavy atom. The number of nitrogens with one attached hydrogen (secondary N) is 1. The van der Waals surface area contributed by atoms with Crippen LogP contribution in [-0.2, 0) is 4.79 Å². The predicted molar refractivity (Wildman–Crippen MR) is 107 cm³/mol. The molecular formula is C20H23ClFN3O2. The fourth-order valence-corrected chi connectivity index (χ4v) is 3.05. The van der Waals surface area contributed by atoms with Crippen LogP contribution in [0.1, 0.15) is 17.3 Å². The van der Waals surface area contributed by atoms with E-state index in [0.29, 0.717) is 49.7 Å². The van der Waals surface area contributed by atoms with E-state index in [0.717, 1.165) is 0 Å². The Bertz CT molecular complexity index is 790. The highest BCUT2D eigenvalue weighted by Gasteiger charge is 2.20. The molecule has 1 amide bonds. The number of halogens is 2. The molecule has 0 radical (unpaired) electrons. The molecule has 5 nitrogen and oxygen atoms in total. The smallest absolute Gasteiger partial charge is 0.238 e. The van der Waals surface area contributed by atoms with Crippen LogP contribution in [0.2, 0.25) is 0 Å². The zero-order valence-corrected chi connectivity index (χ0v) is 16.0. The van der Waals surface area contributed by atoms with Crippen LogP contribution in [0.15, 0.2) is 48.5 Å². The number of amides is 1. The summed E-state index contributed by atoms with van der Waals surface area (Å²) in [5, 5.41) is 2.84. The lowest BCUT2D eigenvalue weighted by Crippen LogP contribution is -2.48. The Balaban J connectivity index is 0.00000261. The summed E-state index contributed by atoms with van der Waals surface area (Å²) in [6, 6.07) is 13.6. The van der Waals surface area contributed by atoms with Gasteiger partial charge < -0.3 is 10.2 Å². The second-order valence-corrected chi connectivity index (χ2v) is 6.40. The summed E-state index contributed by atoms with van der Waals surface area (Å²) >= 11 is 0. The predicted octanol–water partition coefficient (Wildman–Crippen LogP) is 3.21. The normalized spacial score (nSPS) is 14.4. The van der Waals surface area contributed by atoms with Crippen molar-refractivity contribution in [1.29, 1.82) is 0 Å². The second kappa shape index (κ2) is 9.48. The standard InChI is InChI=1S/C20H22FN3O2.ClH/c1-15(25)16-6-8-17(9-7-16)22-20(26)14-23-10-12-24(13-11-23)19-5-3-2-4-18(19)21;/h2-9H,10-14H2,1H3,(H,22,26);1H. The number of carbonyl (C=O) groups excluding carboxylic acids is 2. The van der Waals surface area contributed by atoms with Crippen LogP contribution >= 0.6 is 12.4 Å². The summed E-state index contributed by atoms with van der Waals surface area (Å²) in [7, 11) is 0. The lowest BCUT2D eigenvalue weighted by molar-refractivity contribution is -0.117. The van der Waals surface area contributed by atoms with Gasteiger partial charge in [-0.2, -0.15) is 0 Å². The Morgan fingerprint density at radius 2 is 1.63 bits per heavy atom. The number of carbonyl (C=O) groups is 2. The first-order chi connectivity index (χ1) is 12.5. The van der Waals surface area contributed by atoms with E-state index in [4.69, 9.17) is 0 Å². The van der Waals surface area contributed by atoms with Crippen molar-refractivity contribution in [3.8, 4) is 0 Å². The van der Waals surface area contributed by atoms with Gasteiger partial charge in [0.25, 0.3) is 0 Å². The topological polar surface area (TPSA) is 52.7 Å². The SMILES string of the molecule is CC(=O)c1ccc(NC(=O)CN2CCN(c3ccccc3F)CC2)cc1.Cl. The fourth-order valence-electron chi connectivity index (χ4n) is 3.05. The zero-order chi connectivity index (χ0) is 18.5. The first-order valence-electron chi connectivity index (χ1n) is 8.65. The summed E-state index contributed by atoms with van der Waals surface area (Å²) in [6.07, 6.45) is 0. The monoisotopic (exact) mass is 391 g/mol. The second-order valence-electron chi connectivity index (χ2n) is 6.40. The zero-order valence-electron chi connectivity index (χ0n) is 15.2. The summed E-state index contributed by atoms with van der Waals surface area (Å²) in [4.78, 5) is 27.5. The van der Waals surface area contributed by atoms with Crippen LogP contribution in [0.25, 0.3) is 0 Å². The molecule has 1 saturated heterocycles. The van der Waals surface area contributed by atoms with Crippen molar-refractivity contribution < 1.29 is 14.0 Å². The number of rotatable bonds is 5. The van der Waals surface area contributed by atoms with Crippen molar-refractivity contribution in [2.24, 2.45) is 0 Å². The van der Waals surface area contributed by atoms with Crippen LogP contribution in [-0.4, -0.2) is 49.3 Å². The number of piperazine rings is 1. The highest BCUT2D eigenvalue weighted by atomic mass is 35.5. The van der Waals surface area contributed by atoms with E-state index >= 15 is 0 Å². The molecule has 2 aromatic rings. The number of hydrogen-bond acceptors (Lipinski definition) is 4. The molecule has 2 aromatic carbocycles. The highest BCUT2D eigenvalue weighted by molar-refractivity contribution is 5.96. The van der Waals surface area contributed by atoms with E-state index in [1.54, 1.807) is 36.4 Å².